The maximum atomic E-state index is 12.4. The zero-order valence-corrected chi connectivity index (χ0v) is 15.1. The molecule has 0 aromatic heterocycles. The average Bonchev–Trinajstić information content (AvgIpc) is 3.10. The van der Waals surface area contributed by atoms with Gasteiger partial charge in [0, 0.05) is 5.56 Å². The first-order chi connectivity index (χ1) is 12.4. The molecule has 1 saturated heterocycles. The first-order valence-electron chi connectivity index (χ1n) is 8.41. The second kappa shape index (κ2) is 7.38. The van der Waals surface area contributed by atoms with Crippen molar-refractivity contribution in [3.05, 3.63) is 42.3 Å². The highest BCUT2D eigenvalue weighted by Gasteiger charge is 2.68. The van der Waals surface area contributed by atoms with Crippen LogP contribution in [-0.4, -0.2) is 45.7 Å². The highest BCUT2D eigenvalue weighted by molar-refractivity contribution is 7.90. The summed E-state index contributed by atoms with van der Waals surface area (Å²) in [5, 5.41) is 2.64. The van der Waals surface area contributed by atoms with Crippen LogP contribution in [0.1, 0.15) is 24.8 Å². The van der Waals surface area contributed by atoms with E-state index in [1.165, 1.54) is 6.42 Å². The van der Waals surface area contributed by atoms with Crippen LogP contribution in [0.3, 0.4) is 0 Å². The van der Waals surface area contributed by atoms with Crippen molar-refractivity contribution < 1.29 is 23.7 Å². The number of ether oxygens (including phenoxy) is 1. The van der Waals surface area contributed by atoms with Crippen LogP contribution >= 0.6 is 0 Å². The normalized spacial score (nSPS) is 28.6. The van der Waals surface area contributed by atoms with E-state index in [1.807, 2.05) is 30.3 Å². The van der Waals surface area contributed by atoms with E-state index in [-0.39, 0.29) is 18.1 Å². The number of carbonyl (C=O) groups excluding carboxylic acids is 3. The number of rotatable bonds is 7. The van der Waals surface area contributed by atoms with E-state index in [2.05, 4.69) is 5.32 Å². The van der Waals surface area contributed by atoms with Crippen molar-refractivity contribution >= 4 is 28.8 Å². The fraction of sp³-hybridized carbons (Fsp3) is 0.444. The summed E-state index contributed by atoms with van der Waals surface area (Å²) < 4.78 is 17.6. The molecule has 3 rings (SSSR count). The maximum Gasteiger partial charge on any atom is 0.252 e. The van der Waals surface area contributed by atoms with Crippen molar-refractivity contribution in [2.24, 2.45) is 5.73 Å². The Morgan fingerprint density at radius 3 is 2.73 bits per heavy atom. The lowest BCUT2D eigenvalue weighted by Gasteiger charge is -2.35. The van der Waals surface area contributed by atoms with Gasteiger partial charge in [-0.15, -0.1) is 0 Å². The zero-order valence-electron chi connectivity index (χ0n) is 14.2. The number of Topliss-reactive ketones (excluding diaryl/α,β-unsaturated/α-hetero) is 1. The summed E-state index contributed by atoms with van der Waals surface area (Å²) in [6, 6.07) is 9.32. The van der Waals surface area contributed by atoms with Crippen LogP contribution in [0, 0.1) is 6.42 Å². The number of nitrogens with one attached hydrogen (secondary N) is 1. The van der Waals surface area contributed by atoms with Gasteiger partial charge in [0.25, 0.3) is 5.91 Å². The molecule has 3 N–H and O–H groups in total. The van der Waals surface area contributed by atoms with Gasteiger partial charge in [-0.05, 0) is 30.4 Å². The number of amides is 2. The minimum Gasteiger partial charge on any atom is -0.616 e. The summed E-state index contributed by atoms with van der Waals surface area (Å²) in [6.45, 7) is -0.247. The SMILES string of the molecule is NC(=O)C12CCCC1(NC(=O)[CH]C[S+]([O-])Cc1ccccc1)C(=O)CO2. The molecule has 2 aliphatic rings. The molecule has 7 nitrogen and oxygen atoms in total. The number of fused-ring (bicyclic) bond motifs is 1. The molecule has 1 aromatic carbocycles. The number of benzene rings is 1. The first-order valence-corrected chi connectivity index (χ1v) is 9.90. The molecule has 0 spiro atoms. The molecule has 8 heteroatoms. The quantitative estimate of drug-likeness (QED) is 0.648. The van der Waals surface area contributed by atoms with Crippen LogP contribution in [0.5, 0.6) is 0 Å². The molecule has 3 unspecified atom stereocenters. The van der Waals surface area contributed by atoms with Crippen molar-refractivity contribution in [2.45, 2.75) is 36.2 Å². The third-order valence-corrected chi connectivity index (χ3v) is 6.25. The maximum absolute atomic E-state index is 12.4. The lowest BCUT2D eigenvalue weighted by atomic mass is 9.80. The Balaban J connectivity index is 1.60. The van der Waals surface area contributed by atoms with E-state index in [0.717, 1.165) is 5.56 Å². The van der Waals surface area contributed by atoms with Crippen LogP contribution in [0.15, 0.2) is 30.3 Å². The molecule has 26 heavy (non-hydrogen) atoms. The Hall–Kier alpha value is -1.90. The Morgan fingerprint density at radius 2 is 2.04 bits per heavy atom. The second-order valence-corrected chi connectivity index (χ2v) is 8.09. The highest BCUT2D eigenvalue weighted by atomic mass is 32.2. The topological polar surface area (TPSA) is 122 Å². The van der Waals surface area contributed by atoms with Crippen LogP contribution in [-0.2, 0) is 36.0 Å². The van der Waals surface area contributed by atoms with Gasteiger partial charge in [0.05, 0.1) is 6.42 Å². The van der Waals surface area contributed by atoms with E-state index in [1.54, 1.807) is 0 Å². The van der Waals surface area contributed by atoms with Crippen molar-refractivity contribution in [1.82, 2.24) is 5.32 Å². The molecule has 3 atom stereocenters. The fourth-order valence-electron chi connectivity index (χ4n) is 3.78. The van der Waals surface area contributed by atoms with E-state index < -0.39 is 34.1 Å². The highest BCUT2D eigenvalue weighted by Crippen LogP contribution is 2.46. The molecule has 1 aliphatic heterocycles. The van der Waals surface area contributed by atoms with Crippen LogP contribution in [0.25, 0.3) is 0 Å². The van der Waals surface area contributed by atoms with E-state index >= 15 is 0 Å². The average molecular weight is 377 g/mol. The van der Waals surface area contributed by atoms with Gasteiger partial charge in [0.1, 0.15) is 23.7 Å². The van der Waals surface area contributed by atoms with E-state index in [9.17, 15) is 18.9 Å². The fourth-order valence-corrected chi connectivity index (χ4v) is 4.80. The smallest absolute Gasteiger partial charge is 0.252 e. The lowest BCUT2D eigenvalue weighted by Crippen LogP contribution is -2.67. The van der Waals surface area contributed by atoms with Gasteiger partial charge in [-0.2, -0.15) is 0 Å². The Kier molecular flexibility index (Phi) is 5.36. The van der Waals surface area contributed by atoms with Crippen molar-refractivity contribution in [3.63, 3.8) is 0 Å². The van der Waals surface area contributed by atoms with E-state index in [4.69, 9.17) is 10.5 Å². The number of hydrogen-bond donors (Lipinski definition) is 2. The molecule has 1 heterocycles. The number of hydrogen-bond acceptors (Lipinski definition) is 5. The molecule has 1 aromatic rings. The predicted octanol–water partition coefficient (Wildman–Crippen LogP) is 0.00189. The van der Waals surface area contributed by atoms with Gasteiger partial charge in [-0.1, -0.05) is 30.3 Å². The summed E-state index contributed by atoms with van der Waals surface area (Å²) in [5.41, 5.74) is 3.51. The standard InChI is InChI=1S/C18H21N2O5S/c19-16(23)18-9-4-8-17(18,14(21)11-25-18)20-15(22)7-10-26(24)12-13-5-2-1-3-6-13/h1-3,5-7H,4,8-12H2,(H2,19,23)(H,20,22). The molecule has 1 aliphatic carbocycles. The molecule has 2 fully saturated rings. The summed E-state index contributed by atoms with van der Waals surface area (Å²) in [6.07, 6.45) is 2.41. The monoisotopic (exact) mass is 377 g/mol. The molecule has 139 valence electrons. The van der Waals surface area contributed by atoms with Gasteiger partial charge in [0.2, 0.25) is 5.91 Å². The number of nitrogens with two attached hydrogens (primary N) is 1. The summed E-state index contributed by atoms with van der Waals surface area (Å²) >= 11 is -1.26. The van der Waals surface area contributed by atoms with Gasteiger partial charge >= 0.3 is 0 Å². The third-order valence-electron chi connectivity index (χ3n) is 5.06. The molecule has 2 amide bonds. The molecule has 1 saturated carbocycles. The Morgan fingerprint density at radius 1 is 1.31 bits per heavy atom. The summed E-state index contributed by atoms with van der Waals surface area (Å²) in [7, 11) is 0. The number of carbonyl (C=O) groups is 3. The van der Waals surface area contributed by atoms with Gasteiger partial charge in [-0.3, -0.25) is 14.4 Å². The zero-order chi connectivity index (χ0) is 18.8. The Labute approximate surface area is 154 Å². The Bertz CT molecular complexity index is 713. The van der Waals surface area contributed by atoms with Gasteiger partial charge in [0.15, 0.2) is 11.4 Å². The minimum atomic E-state index is -1.48. The molecule has 0 bridgehead atoms. The van der Waals surface area contributed by atoms with Crippen LogP contribution in [0.2, 0.25) is 0 Å². The third kappa shape index (κ3) is 3.24. The predicted molar refractivity (Wildman–Crippen MR) is 95.1 cm³/mol. The second-order valence-electron chi connectivity index (χ2n) is 6.59. The molecule has 1 radical (unpaired) electrons. The van der Waals surface area contributed by atoms with Gasteiger partial charge < -0.3 is 20.3 Å². The van der Waals surface area contributed by atoms with Crippen molar-refractivity contribution in [1.29, 1.82) is 0 Å². The van der Waals surface area contributed by atoms with E-state index in [0.29, 0.717) is 25.0 Å². The van der Waals surface area contributed by atoms with Crippen molar-refractivity contribution in [3.8, 4) is 0 Å². The first kappa shape index (κ1) is 18.9. The van der Waals surface area contributed by atoms with Crippen LogP contribution in [0.4, 0.5) is 0 Å². The minimum absolute atomic E-state index is 0.0510. The number of primary amides is 1. The van der Waals surface area contributed by atoms with Gasteiger partial charge in [-0.25, -0.2) is 0 Å². The number of ketones is 1. The van der Waals surface area contributed by atoms with Crippen LogP contribution < -0.4 is 11.1 Å². The lowest BCUT2D eigenvalue weighted by molar-refractivity contribution is -0.144. The summed E-state index contributed by atoms with van der Waals surface area (Å²) in [5.74, 6) is -1.24. The largest absolute Gasteiger partial charge is 0.616 e. The van der Waals surface area contributed by atoms with Crippen molar-refractivity contribution in [2.75, 3.05) is 12.4 Å². The molecular weight excluding hydrogens is 356 g/mol. The summed E-state index contributed by atoms with van der Waals surface area (Å²) in [4.78, 5) is 36.7. The molecular formula is C18H21N2O5S.